The van der Waals surface area contributed by atoms with Gasteiger partial charge in [0.1, 0.15) is 18.1 Å². The highest BCUT2D eigenvalue weighted by Crippen LogP contribution is 2.37. The highest BCUT2D eigenvalue weighted by atomic mass is 32.2. The number of nitriles is 1. The van der Waals surface area contributed by atoms with Crippen LogP contribution < -0.4 is 10.1 Å². The Kier molecular flexibility index (Phi) is 6.65. The summed E-state index contributed by atoms with van der Waals surface area (Å²) >= 11 is 1.53. The van der Waals surface area contributed by atoms with Crippen LogP contribution in [0.15, 0.2) is 94.9 Å². The number of phenols is 1. The number of fused-ring (bicyclic) bond motifs is 1. The van der Waals surface area contributed by atoms with Crippen molar-refractivity contribution in [2.45, 2.75) is 23.3 Å². The maximum Gasteiger partial charge on any atom is 0.229 e. The van der Waals surface area contributed by atoms with E-state index in [2.05, 4.69) is 26.3 Å². The summed E-state index contributed by atoms with van der Waals surface area (Å²) in [5.74, 6) is 1.27. The Hall–Kier alpha value is -4.61. The van der Waals surface area contributed by atoms with Gasteiger partial charge in [-0.25, -0.2) is 9.97 Å². The molecule has 0 saturated heterocycles. The van der Waals surface area contributed by atoms with Crippen LogP contribution in [0.3, 0.4) is 0 Å². The average Bonchev–Trinajstić information content (AvgIpc) is 2.90. The summed E-state index contributed by atoms with van der Waals surface area (Å²) in [7, 11) is 0. The minimum Gasteiger partial charge on any atom is -0.508 e. The lowest BCUT2D eigenvalue weighted by Gasteiger charge is -2.14. The Morgan fingerprint density at radius 3 is 2.67 bits per heavy atom. The van der Waals surface area contributed by atoms with E-state index in [0.29, 0.717) is 22.9 Å². The summed E-state index contributed by atoms with van der Waals surface area (Å²) in [5, 5.41) is 23.2. The molecule has 0 spiro atoms. The second-order valence-corrected chi connectivity index (χ2v) is 9.11. The SMILES string of the molecule is Cc1ccc2cnc(Nc3cc(OCc4ccccc4C#N)ccc3Sc3ccc(O)cc3)nc2n1. The molecule has 2 heterocycles. The van der Waals surface area contributed by atoms with Gasteiger partial charge in [0, 0.05) is 38.7 Å². The molecular weight excluding hydrogens is 470 g/mol. The van der Waals surface area contributed by atoms with Crippen LogP contribution in [0.1, 0.15) is 16.8 Å². The monoisotopic (exact) mass is 491 g/mol. The van der Waals surface area contributed by atoms with Crippen molar-refractivity contribution in [3.63, 3.8) is 0 Å². The second-order valence-electron chi connectivity index (χ2n) is 8.00. The fraction of sp³-hybridized carbons (Fsp3) is 0.0714. The molecule has 8 heteroatoms. The van der Waals surface area contributed by atoms with Gasteiger partial charge in [0.15, 0.2) is 5.65 Å². The topological polar surface area (TPSA) is 104 Å². The number of anilines is 2. The molecule has 0 bridgehead atoms. The molecule has 0 fully saturated rings. The molecule has 0 atom stereocenters. The highest BCUT2D eigenvalue weighted by Gasteiger charge is 2.11. The molecule has 3 aromatic carbocycles. The lowest BCUT2D eigenvalue weighted by Crippen LogP contribution is -2.02. The minimum absolute atomic E-state index is 0.214. The van der Waals surface area contributed by atoms with Gasteiger partial charge in [-0.3, -0.25) is 0 Å². The first-order valence-electron chi connectivity index (χ1n) is 11.2. The highest BCUT2D eigenvalue weighted by molar-refractivity contribution is 7.99. The van der Waals surface area contributed by atoms with Crippen molar-refractivity contribution in [2.24, 2.45) is 0 Å². The summed E-state index contributed by atoms with van der Waals surface area (Å²) in [6, 6.07) is 26.2. The largest absolute Gasteiger partial charge is 0.508 e. The molecule has 2 aromatic heterocycles. The van der Waals surface area contributed by atoms with Crippen LogP contribution >= 0.6 is 11.8 Å². The summed E-state index contributed by atoms with van der Waals surface area (Å²) < 4.78 is 6.03. The molecule has 176 valence electrons. The van der Waals surface area contributed by atoms with Crippen LogP contribution in [0.25, 0.3) is 11.0 Å². The van der Waals surface area contributed by atoms with Crippen LogP contribution in [-0.4, -0.2) is 20.1 Å². The first-order valence-corrected chi connectivity index (χ1v) is 12.0. The zero-order valence-electron chi connectivity index (χ0n) is 19.3. The Balaban J connectivity index is 1.45. The number of pyridine rings is 1. The third-order valence-electron chi connectivity index (χ3n) is 5.38. The Bertz CT molecular complexity index is 1580. The van der Waals surface area contributed by atoms with Gasteiger partial charge in [0.2, 0.25) is 5.95 Å². The number of ether oxygens (including phenoxy) is 1. The van der Waals surface area contributed by atoms with Crippen molar-refractivity contribution < 1.29 is 9.84 Å². The average molecular weight is 492 g/mol. The van der Waals surface area contributed by atoms with Gasteiger partial charge in [-0.15, -0.1) is 0 Å². The minimum atomic E-state index is 0.214. The molecule has 0 radical (unpaired) electrons. The molecule has 0 aliphatic heterocycles. The lowest BCUT2D eigenvalue weighted by molar-refractivity contribution is 0.306. The summed E-state index contributed by atoms with van der Waals surface area (Å²) in [5.41, 5.74) is 3.65. The van der Waals surface area contributed by atoms with Gasteiger partial charge < -0.3 is 15.2 Å². The number of aromatic hydroxyl groups is 1. The van der Waals surface area contributed by atoms with Crippen LogP contribution in [-0.2, 0) is 6.61 Å². The van der Waals surface area contributed by atoms with E-state index in [1.165, 1.54) is 11.8 Å². The molecule has 0 saturated carbocycles. The predicted octanol–water partition coefficient (Wildman–Crippen LogP) is 6.38. The summed E-state index contributed by atoms with van der Waals surface area (Å²) in [4.78, 5) is 15.4. The van der Waals surface area contributed by atoms with Crippen LogP contribution in [0.2, 0.25) is 0 Å². The maximum atomic E-state index is 9.62. The molecule has 5 rings (SSSR count). The molecule has 0 aliphatic carbocycles. The van der Waals surface area contributed by atoms with E-state index < -0.39 is 0 Å². The predicted molar refractivity (Wildman–Crippen MR) is 140 cm³/mol. The van der Waals surface area contributed by atoms with Gasteiger partial charge in [-0.05, 0) is 61.5 Å². The van der Waals surface area contributed by atoms with Gasteiger partial charge in [-0.1, -0.05) is 30.0 Å². The lowest BCUT2D eigenvalue weighted by atomic mass is 10.1. The van der Waals surface area contributed by atoms with E-state index in [-0.39, 0.29) is 12.4 Å². The number of aromatic nitrogens is 3. The fourth-order valence-electron chi connectivity index (χ4n) is 3.53. The number of hydrogen-bond donors (Lipinski definition) is 2. The molecule has 0 unspecified atom stereocenters. The van der Waals surface area contributed by atoms with Crippen molar-refractivity contribution in [1.82, 2.24) is 15.0 Å². The van der Waals surface area contributed by atoms with Gasteiger partial charge in [-0.2, -0.15) is 10.2 Å². The number of phenolic OH excluding ortho intramolecular Hbond substituents is 1. The van der Waals surface area contributed by atoms with Crippen molar-refractivity contribution in [3.8, 4) is 17.6 Å². The summed E-state index contributed by atoms with van der Waals surface area (Å²) in [6.07, 6.45) is 1.74. The number of nitrogens with zero attached hydrogens (tertiary/aromatic N) is 4. The molecule has 7 nitrogen and oxygen atoms in total. The molecular formula is C28H21N5O2S. The summed E-state index contributed by atoms with van der Waals surface area (Å²) in [6.45, 7) is 2.19. The van der Waals surface area contributed by atoms with E-state index >= 15 is 0 Å². The van der Waals surface area contributed by atoms with E-state index in [9.17, 15) is 10.4 Å². The number of hydrogen-bond acceptors (Lipinski definition) is 8. The molecule has 36 heavy (non-hydrogen) atoms. The quantitative estimate of drug-likeness (QED) is 0.270. The Labute approximate surface area is 212 Å². The first-order chi connectivity index (χ1) is 17.6. The third-order valence-corrected chi connectivity index (χ3v) is 6.46. The van der Waals surface area contributed by atoms with Gasteiger partial charge in [0.25, 0.3) is 0 Å². The van der Waals surface area contributed by atoms with E-state index in [1.54, 1.807) is 24.4 Å². The van der Waals surface area contributed by atoms with Crippen molar-refractivity contribution in [3.05, 3.63) is 102 Å². The Morgan fingerprint density at radius 2 is 1.83 bits per heavy atom. The molecule has 2 N–H and O–H groups in total. The van der Waals surface area contributed by atoms with Crippen molar-refractivity contribution in [2.75, 3.05) is 5.32 Å². The van der Waals surface area contributed by atoms with Crippen LogP contribution in [0.4, 0.5) is 11.6 Å². The van der Waals surface area contributed by atoms with Gasteiger partial charge >= 0.3 is 0 Å². The van der Waals surface area contributed by atoms with Crippen LogP contribution in [0.5, 0.6) is 11.5 Å². The molecule has 5 aromatic rings. The number of rotatable bonds is 7. The van der Waals surface area contributed by atoms with Gasteiger partial charge in [0.05, 0.1) is 17.3 Å². The Morgan fingerprint density at radius 1 is 1.00 bits per heavy atom. The van der Waals surface area contributed by atoms with Crippen molar-refractivity contribution in [1.29, 1.82) is 5.26 Å². The first kappa shape index (κ1) is 23.1. The fourth-order valence-corrected chi connectivity index (χ4v) is 4.41. The van der Waals surface area contributed by atoms with E-state index in [1.807, 2.05) is 67.6 Å². The van der Waals surface area contributed by atoms with Crippen molar-refractivity contribution >= 4 is 34.4 Å². The third kappa shape index (κ3) is 5.37. The standard InChI is InChI=1S/C28H21N5O2S/c1-18-6-7-20-16-30-28(33-27(20)31-18)32-25-14-23(35-17-21-5-3-2-4-19(21)15-29)10-13-26(25)36-24-11-8-22(34)9-12-24/h2-14,16,34H,17H2,1H3,(H,30,31,32,33). The maximum absolute atomic E-state index is 9.62. The smallest absolute Gasteiger partial charge is 0.229 e. The normalized spacial score (nSPS) is 10.7. The van der Waals surface area contributed by atoms with E-state index in [0.717, 1.165) is 32.1 Å². The molecule has 0 aliphatic rings. The molecule has 0 amide bonds. The second kappa shape index (κ2) is 10.3. The van der Waals surface area contributed by atoms with Crippen LogP contribution in [0, 0.1) is 18.3 Å². The van der Waals surface area contributed by atoms with E-state index in [4.69, 9.17) is 4.74 Å². The zero-order valence-corrected chi connectivity index (χ0v) is 20.2. The number of nitrogens with one attached hydrogen (secondary N) is 1. The number of aryl methyl sites for hydroxylation is 1. The zero-order chi connectivity index (χ0) is 24.9. The number of benzene rings is 3.